The largest absolute Gasteiger partial charge is 0.373 e. The maximum atomic E-state index is 12.9. The number of benzene rings is 1. The first-order chi connectivity index (χ1) is 12.3. The third-order valence-electron chi connectivity index (χ3n) is 4.92. The molecule has 0 N–H and O–H groups in total. The Hall–Kier alpha value is -1.48. The number of carbonyl (C=O) groups is 1. The van der Waals surface area contributed by atoms with Crippen LogP contribution in [0.25, 0.3) is 0 Å². The number of hydrogen-bond acceptors (Lipinski definition) is 5. The fourth-order valence-corrected chi connectivity index (χ4v) is 5.03. The summed E-state index contributed by atoms with van der Waals surface area (Å²) < 4.78 is 32.8. The standard InChI is InChI=1S/C18H27N3O4S/c1-14-12-21(13-15(2)25-14)26(23,24)17-6-4-16(5-7-17)18(22)20-10-8-19(3)9-11-20/h4-7,14-15H,8-13H2,1-3H3. The van der Waals surface area contributed by atoms with Gasteiger partial charge in [0.1, 0.15) is 0 Å². The molecule has 7 nitrogen and oxygen atoms in total. The number of piperazine rings is 1. The van der Waals surface area contributed by atoms with Crippen LogP contribution in [0, 0.1) is 0 Å². The SMILES string of the molecule is CC1CN(S(=O)(=O)c2ccc(C(=O)N3CCN(C)CC3)cc2)CC(C)O1. The highest BCUT2D eigenvalue weighted by molar-refractivity contribution is 7.89. The number of rotatable bonds is 3. The van der Waals surface area contributed by atoms with Crippen molar-refractivity contribution < 1.29 is 17.9 Å². The van der Waals surface area contributed by atoms with Crippen LogP contribution in [0.3, 0.4) is 0 Å². The zero-order valence-corrected chi connectivity index (χ0v) is 16.4. The quantitative estimate of drug-likeness (QED) is 0.777. The van der Waals surface area contributed by atoms with Crippen LogP contribution in [0.5, 0.6) is 0 Å². The molecule has 2 aliphatic rings. The molecule has 0 saturated carbocycles. The lowest BCUT2D eigenvalue weighted by Gasteiger charge is -2.34. The lowest BCUT2D eigenvalue weighted by Crippen LogP contribution is -2.48. The normalized spacial score (nSPS) is 26.0. The van der Waals surface area contributed by atoms with Crippen molar-refractivity contribution in [2.24, 2.45) is 0 Å². The van der Waals surface area contributed by atoms with Crippen LogP contribution in [0.15, 0.2) is 29.2 Å². The van der Waals surface area contributed by atoms with Crippen molar-refractivity contribution in [2.45, 2.75) is 31.0 Å². The molecule has 1 aromatic carbocycles. The molecule has 0 bridgehead atoms. The fraction of sp³-hybridized carbons (Fsp3) is 0.611. The van der Waals surface area contributed by atoms with Crippen molar-refractivity contribution in [3.05, 3.63) is 29.8 Å². The summed E-state index contributed by atoms with van der Waals surface area (Å²) in [7, 11) is -1.54. The van der Waals surface area contributed by atoms with Gasteiger partial charge < -0.3 is 14.5 Å². The molecular weight excluding hydrogens is 354 g/mol. The predicted molar refractivity (Wildman–Crippen MR) is 98.6 cm³/mol. The minimum absolute atomic E-state index is 0.0457. The first-order valence-corrected chi connectivity index (χ1v) is 10.4. The molecule has 144 valence electrons. The molecule has 0 aliphatic carbocycles. The van der Waals surface area contributed by atoms with E-state index in [2.05, 4.69) is 4.90 Å². The van der Waals surface area contributed by atoms with E-state index in [1.54, 1.807) is 12.1 Å². The molecule has 1 amide bonds. The van der Waals surface area contributed by atoms with Crippen LogP contribution in [0.2, 0.25) is 0 Å². The number of amides is 1. The van der Waals surface area contributed by atoms with Gasteiger partial charge in [0.15, 0.2) is 0 Å². The summed E-state index contributed by atoms with van der Waals surface area (Å²) in [5, 5.41) is 0. The number of hydrogen-bond donors (Lipinski definition) is 0. The average Bonchev–Trinajstić information content (AvgIpc) is 2.61. The van der Waals surface area contributed by atoms with Gasteiger partial charge in [-0.1, -0.05) is 0 Å². The van der Waals surface area contributed by atoms with Crippen molar-refractivity contribution in [3.63, 3.8) is 0 Å². The molecular formula is C18H27N3O4S. The summed E-state index contributed by atoms with van der Waals surface area (Å²) in [6, 6.07) is 6.29. The summed E-state index contributed by atoms with van der Waals surface area (Å²) in [5.41, 5.74) is 0.525. The van der Waals surface area contributed by atoms with Crippen LogP contribution < -0.4 is 0 Å². The molecule has 8 heteroatoms. The highest BCUT2D eigenvalue weighted by Crippen LogP contribution is 2.22. The molecule has 2 heterocycles. The smallest absolute Gasteiger partial charge is 0.253 e. The first-order valence-electron chi connectivity index (χ1n) is 9.01. The minimum atomic E-state index is -3.58. The molecule has 0 spiro atoms. The third kappa shape index (κ3) is 4.09. The van der Waals surface area contributed by atoms with Gasteiger partial charge in [-0.05, 0) is 45.2 Å². The van der Waals surface area contributed by atoms with Gasteiger partial charge >= 0.3 is 0 Å². The second-order valence-corrected chi connectivity index (χ2v) is 9.14. The molecule has 2 aliphatic heterocycles. The van der Waals surface area contributed by atoms with Gasteiger partial charge in [-0.3, -0.25) is 4.79 Å². The van der Waals surface area contributed by atoms with Crippen molar-refractivity contribution in [1.82, 2.24) is 14.1 Å². The number of sulfonamides is 1. The van der Waals surface area contributed by atoms with E-state index in [9.17, 15) is 13.2 Å². The van der Waals surface area contributed by atoms with Crippen molar-refractivity contribution in [2.75, 3.05) is 46.3 Å². The van der Waals surface area contributed by atoms with Gasteiger partial charge in [0, 0.05) is 44.8 Å². The summed E-state index contributed by atoms with van der Waals surface area (Å²) >= 11 is 0. The van der Waals surface area contributed by atoms with Crippen LogP contribution in [-0.4, -0.2) is 87.0 Å². The van der Waals surface area contributed by atoms with E-state index in [1.807, 2.05) is 25.8 Å². The maximum Gasteiger partial charge on any atom is 0.253 e. The highest BCUT2D eigenvalue weighted by Gasteiger charge is 2.32. The summed E-state index contributed by atoms with van der Waals surface area (Å²) in [5.74, 6) is -0.0457. The van der Waals surface area contributed by atoms with E-state index in [1.165, 1.54) is 16.4 Å². The summed E-state index contributed by atoms with van der Waals surface area (Å²) in [4.78, 5) is 16.8. The Morgan fingerprint density at radius 2 is 1.54 bits per heavy atom. The van der Waals surface area contributed by atoms with E-state index < -0.39 is 10.0 Å². The van der Waals surface area contributed by atoms with E-state index in [0.29, 0.717) is 31.7 Å². The van der Waals surface area contributed by atoms with Gasteiger partial charge in [-0.2, -0.15) is 4.31 Å². The molecule has 2 unspecified atom stereocenters. The lowest BCUT2D eigenvalue weighted by molar-refractivity contribution is -0.0440. The number of carbonyl (C=O) groups excluding carboxylic acids is 1. The summed E-state index contributed by atoms with van der Waals surface area (Å²) in [6.45, 7) is 7.52. The average molecular weight is 381 g/mol. The zero-order valence-electron chi connectivity index (χ0n) is 15.6. The lowest BCUT2D eigenvalue weighted by atomic mass is 10.2. The molecule has 26 heavy (non-hydrogen) atoms. The molecule has 1 aromatic rings. The molecule has 3 rings (SSSR count). The van der Waals surface area contributed by atoms with Crippen LogP contribution in [-0.2, 0) is 14.8 Å². The maximum absolute atomic E-state index is 12.9. The second kappa shape index (κ2) is 7.64. The van der Waals surface area contributed by atoms with Gasteiger partial charge in [0.05, 0.1) is 17.1 Å². The molecule has 2 saturated heterocycles. The van der Waals surface area contributed by atoms with E-state index in [-0.39, 0.29) is 23.0 Å². The van der Waals surface area contributed by atoms with Gasteiger partial charge in [-0.15, -0.1) is 0 Å². The predicted octanol–water partition coefficient (Wildman–Crippen LogP) is 0.872. The van der Waals surface area contributed by atoms with E-state index in [4.69, 9.17) is 4.74 Å². The fourth-order valence-electron chi connectivity index (χ4n) is 3.44. The topological polar surface area (TPSA) is 70.2 Å². The monoisotopic (exact) mass is 381 g/mol. The number of likely N-dealkylation sites (N-methyl/N-ethyl adjacent to an activating group) is 1. The Labute approximate surface area is 155 Å². The number of morpholine rings is 1. The Kier molecular flexibility index (Phi) is 5.67. The zero-order chi connectivity index (χ0) is 18.9. The second-order valence-electron chi connectivity index (χ2n) is 7.20. The van der Waals surface area contributed by atoms with Crippen LogP contribution in [0.1, 0.15) is 24.2 Å². The molecule has 0 aromatic heterocycles. The summed E-state index contributed by atoms with van der Waals surface area (Å²) in [6.07, 6.45) is -0.266. The van der Waals surface area contributed by atoms with Crippen molar-refractivity contribution in [3.8, 4) is 0 Å². The Morgan fingerprint density at radius 1 is 1.00 bits per heavy atom. The first kappa shape index (κ1) is 19.3. The number of ether oxygens (including phenoxy) is 1. The van der Waals surface area contributed by atoms with Gasteiger partial charge in [-0.25, -0.2) is 8.42 Å². The molecule has 0 radical (unpaired) electrons. The highest BCUT2D eigenvalue weighted by atomic mass is 32.2. The van der Waals surface area contributed by atoms with E-state index >= 15 is 0 Å². The van der Waals surface area contributed by atoms with E-state index in [0.717, 1.165) is 13.1 Å². The molecule has 2 fully saturated rings. The van der Waals surface area contributed by atoms with Crippen molar-refractivity contribution >= 4 is 15.9 Å². The third-order valence-corrected chi connectivity index (χ3v) is 6.76. The Bertz CT molecular complexity index is 732. The van der Waals surface area contributed by atoms with Crippen molar-refractivity contribution in [1.29, 1.82) is 0 Å². The van der Waals surface area contributed by atoms with Crippen LogP contribution >= 0.6 is 0 Å². The Balaban J connectivity index is 1.73. The number of nitrogens with zero attached hydrogens (tertiary/aromatic N) is 3. The van der Waals surface area contributed by atoms with Gasteiger partial charge in [0.25, 0.3) is 5.91 Å². The van der Waals surface area contributed by atoms with Gasteiger partial charge in [0.2, 0.25) is 10.0 Å². The Morgan fingerprint density at radius 3 is 2.08 bits per heavy atom. The van der Waals surface area contributed by atoms with Crippen LogP contribution in [0.4, 0.5) is 0 Å². The minimum Gasteiger partial charge on any atom is -0.373 e. The molecule has 2 atom stereocenters.